The lowest BCUT2D eigenvalue weighted by atomic mass is 9.80. The molecule has 2 fully saturated rings. The number of anilines is 1. The van der Waals surface area contributed by atoms with E-state index < -0.39 is 10.0 Å². The van der Waals surface area contributed by atoms with E-state index in [-0.39, 0.29) is 5.54 Å². The molecular weight excluding hydrogens is 322 g/mol. The first kappa shape index (κ1) is 17.7. The maximum absolute atomic E-state index is 11.6. The number of rotatable bonds is 5. The van der Waals surface area contributed by atoms with E-state index in [0.29, 0.717) is 6.54 Å². The average Bonchev–Trinajstić information content (AvgIpc) is 2.61. The zero-order valence-electron chi connectivity index (χ0n) is 14.6. The van der Waals surface area contributed by atoms with Crippen LogP contribution in [0.25, 0.3) is 0 Å². The highest BCUT2D eigenvalue weighted by Crippen LogP contribution is 2.34. The molecule has 1 aliphatic heterocycles. The first-order chi connectivity index (χ1) is 11.5. The largest absolute Gasteiger partial charge is 0.369 e. The van der Waals surface area contributed by atoms with Crippen LogP contribution in [0.3, 0.4) is 0 Å². The maximum atomic E-state index is 11.6. The molecule has 1 saturated heterocycles. The molecule has 3 rings (SSSR count). The van der Waals surface area contributed by atoms with E-state index in [9.17, 15) is 8.42 Å². The third kappa shape index (κ3) is 4.29. The summed E-state index contributed by atoms with van der Waals surface area (Å²) in [6.07, 6.45) is 7.12. The maximum Gasteiger partial charge on any atom is 0.208 e. The van der Waals surface area contributed by atoms with E-state index >= 15 is 0 Å². The fraction of sp³-hybridized carbons (Fsp3) is 0.667. The van der Waals surface area contributed by atoms with Crippen molar-refractivity contribution < 1.29 is 8.42 Å². The lowest BCUT2D eigenvalue weighted by Crippen LogP contribution is -2.62. The van der Waals surface area contributed by atoms with Crippen molar-refractivity contribution in [3.05, 3.63) is 30.3 Å². The van der Waals surface area contributed by atoms with Crippen molar-refractivity contribution >= 4 is 15.7 Å². The molecule has 1 aromatic rings. The predicted molar refractivity (Wildman–Crippen MR) is 98.9 cm³/mol. The number of para-hydroxylation sites is 1. The number of benzene rings is 1. The van der Waals surface area contributed by atoms with Crippen molar-refractivity contribution in [1.82, 2.24) is 9.62 Å². The molecule has 1 aromatic carbocycles. The molecule has 0 radical (unpaired) electrons. The van der Waals surface area contributed by atoms with Crippen LogP contribution >= 0.6 is 0 Å². The number of nitrogens with one attached hydrogen (secondary N) is 1. The Balaban J connectivity index is 1.66. The Morgan fingerprint density at radius 3 is 2.21 bits per heavy atom. The summed E-state index contributed by atoms with van der Waals surface area (Å²) >= 11 is 0. The summed E-state index contributed by atoms with van der Waals surface area (Å²) in [5, 5.41) is 0. The summed E-state index contributed by atoms with van der Waals surface area (Å²) in [5.41, 5.74) is 1.29. The SMILES string of the molecule is CS(=O)(=O)NCC1(N2CCN(c3ccccc3)CC2)CCCCC1. The summed E-state index contributed by atoms with van der Waals surface area (Å²) in [6.45, 7) is 4.56. The third-order valence-corrected chi connectivity index (χ3v) is 6.19. The van der Waals surface area contributed by atoms with Gasteiger partial charge in [0.25, 0.3) is 0 Å². The number of nitrogens with zero attached hydrogens (tertiary/aromatic N) is 2. The van der Waals surface area contributed by atoms with Gasteiger partial charge in [-0.1, -0.05) is 37.5 Å². The van der Waals surface area contributed by atoms with Gasteiger partial charge < -0.3 is 4.90 Å². The van der Waals surface area contributed by atoms with Crippen LogP contribution in [-0.4, -0.2) is 57.8 Å². The number of hydrogen-bond acceptors (Lipinski definition) is 4. The van der Waals surface area contributed by atoms with E-state index in [2.05, 4.69) is 38.8 Å². The van der Waals surface area contributed by atoms with Gasteiger partial charge in [-0.3, -0.25) is 4.90 Å². The van der Waals surface area contributed by atoms with Crippen LogP contribution in [0.2, 0.25) is 0 Å². The first-order valence-electron chi connectivity index (χ1n) is 8.98. The van der Waals surface area contributed by atoms with Gasteiger partial charge >= 0.3 is 0 Å². The number of hydrogen-bond donors (Lipinski definition) is 1. The van der Waals surface area contributed by atoms with Gasteiger partial charge in [-0.25, -0.2) is 13.1 Å². The summed E-state index contributed by atoms with van der Waals surface area (Å²) < 4.78 is 26.0. The molecule has 1 N–H and O–H groups in total. The Morgan fingerprint density at radius 1 is 1.00 bits per heavy atom. The molecule has 5 nitrogen and oxygen atoms in total. The smallest absolute Gasteiger partial charge is 0.208 e. The molecule has 6 heteroatoms. The van der Waals surface area contributed by atoms with Crippen LogP contribution in [0, 0.1) is 0 Å². The molecule has 0 spiro atoms. The van der Waals surface area contributed by atoms with Crippen molar-refractivity contribution in [1.29, 1.82) is 0 Å². The van der Waals surface area contributed by atoms with Crippen LogP contribution in [0.4, 0.5) is 5.69 Å². The second kappa shape index (κ2) is 7.42. The standard InChI is InChI=1S/C18H29N3O2S/c1-24(22,23)19-16-18(10-6-3-7-11-18)21-14-12-20(13-15-21)17-8-4-2-5-9-17/h2,4-5,8-9,19H,3,6-7,10-16H2,1H3. The summed E-state index contributed by atoms with van der Waals surface area (Å²) in [5.74, 6) is 0. The van der Waals surface area contributed by atoms with Crippen LogP contribution in [0.5, 0.6) is 0 Å². The Hall–Kier alpha value is -1.11. The summed E-state index contributed by atoms with van der Waals surface area (Å²) in [6, 6.07) is 10.5. The van der Waals surface area contributed by atoms with Crippen LogP contribution < -0.4 is 9.62 Å². The van der Waals surface area contributed by atoms with Crippen LogP contribution in [0.1, 0.15) is 32.1 Å². The molecule has 0 unspecified atom stereocenters. The van der Waals surface area contributed by atoms with Gasteiger partial charge in [-0.2, -0.15) is 0 Å². The molecule has 0 atom stereocenters. The third-order valence-electron chi connectivity index (χ3n) is 5.52. The number of piperazine rings is 1. The fourth-order valence-corrected chi connectivity index (χ4v) is 4.69. The average molecular weight is 352 g/mol. The zero-order chi connectivity index (χ0) is 17.0. The van der Waals surface area contributed by atoms with Gasteiger partial charge in [0.1, 0.15) is 0 Å². The van der Waals surface area contributed by atoms with E-state index in [1.54, 1.807) is 0 Å². The minimum Gasteiger partial charge on any atom is -0.369 e. The molecule has 1 aliphatic carbocycles. The molecule has 0 aromatic heterocycles. The molecular formula is C18H29N3O2S. The van der Waals surface area contributed by atoms with Crippen molar-refractivity contribution in [2.45, 2.75) is 37.6 Å². The molecule has 0 amide bonds. The van der Waals surface area contributed by atoms with Gasteiger partial charge in [-0.05, 0) is 25.0 Å². The van der Waals surface area contributed by atoms with Crippen molar-refractivity contribution in [3.63, 3.8) is 0 Å². The summed E-state index contributed by atoms with van der Waals surface area (Å²) in [4.78, 5) is 4.97. The lowest BCUT2D eigenvalue weighted by molar-refractivity contribution is 0.0488. The zero-order valence-corrected chi connectivity index (χ0v) is 15.4. The minimum absolute atomic E-state index is 0.00408. The van der Waals surface area contributed by atoms with Gasteiger partial charge in [0.15, 0.2) is 0 Å². The summed E-state index contributed by atoms with van der Waals surface area (Å²) in [7, 11) is -3.14. The topological polar surface area (TPSA) is 52.7 Å². The molecule has 1 saturated carbocycles. The second-order valence-corrected chi connectivity index (χ2v) is 9.02. The van der Waals surface area contributed by atoms with Crippen LogP contribution in [-0.2, 0) is 10.0 Å². The van der Waals surface area contributed by atoms with Gasteiger partial charge in [0.05, 0.1) is 6.26 Å². The van der Waals surface area contributed by atoms with E-state index in [0.717, 1.165) is 39.0 Å². The lowest BCUT2D eigenvalue weighted by Gasteiger charge is -2.50. The van der Waals surface area contributed by atoms with Gasteiger partial charge in [0, 0.05) is 44.0 Å². The predicted octanol–water partition coefficient (Wildman–Crippen LogP) is 2.06. The van der Waals surface area contributed by atoms with Crippen LogP contribution in [0.15, 0.2) is 30.3 Å². The Kier molecular flexibility index (Phi) is 5.47. The fourth-order valence-electron chi connectivity index (χ4n) is 4.16. The van der Waals surface area contributed by atoms with E-state index in [1.807, 2.05) is 6.07 Å². The Labute approximate surface area is 146 Å². The minimum atomic E-state index is -3.14. The van der Waals surface area contributed by atoms with E-state index in [4.69, 9.17) is 0 Å². The normalized spacial score (nSPS) is 22.5. The van der Waals surface area contributed by atoms with Gasteiger partial charge in [-0.15, -0.1) is 0 Å². The highest BCUT2D eigenvalue weighted by Gasteiger charge is 2.39. The quantitative estimate of drug-likeness (QED) is 0.882. The molecule has 24 heavy (non-hydrogen) atoms. The molecule has 1 heterocycles. The van der Waals surface area contributed by atoms with E-state index in [1.165, 1.54) is 31.2 Å². The monoisotopic (exact) mass is 351 g/mol. The highest BCUT2D eigenvalue weighted by molar-refractivity contribution is 7.88. The Morgan fingerprint density at radius 2 is 1.62 bits per heavy atom. The highest BCUT2D eigenvalue weighted by atomic mass is 32.2. The van der Waals surface area contributed by atoms with Crippen molar-refractivity contribution in [3.8, 4) is 0 Å². The van der Waals surface area contributed by atoms with Gasteiger partial charge in [0.2, 0.25) is 10.0 Å². The Bertz CT molecular complexity index is 619. The molecule has 0 bridgehead atoms. The number of sulfonamides is 1. The molecule has 2 aliphatic rings. The first-order valence-corrected chi connectivity index (χ1v) is 10.9. The van der Waals surface area contributed by atoms with Crippen molar-refractivity contribution in [2.75, 3.05) is 43.9 Å². The molecule has 134 valence electrons. The second-order valence-electron chi connectivity index (χ2n) is 7.19. The van der Waals surface area contributed by atoms with Crippen molar-refractivity contribution in [2.24, 2.45) is 0 Å².